The zero-order valence-electron chi connectivity index (χ0n) is 4.82. The summed E-state index contributed by atoms with van der Waals surface area (Å²) in [5, 5.41) is 6.70. The first kappa shape index (κ1) is 7.11. The van der Waals surface area contributed by atoms with E-state index in [1.807, 2.05) is 0 Å². The maximum atomic E-state index is 10.2. The van der Waals surface area contributed by atoms with Gasteiger partial charge in [-0.05, 0) is 0 Å². The van der Waals surface area contributed by atoms with Gasteiger partial charge in [-0.1, -0.05) is 31.8 Å². The van der Waals surface area contributed by atoms with Crippen LogP contribution in [-0.4, -0.2) is 8.96 Å². The van der Waals surface area contributed by atoms with Crippen molar-refractivity contribution in [1.82, 2.24) is 0 Å². The summed E-state index contributed by atoms with van der Waals surface area (Å²) in [4.78, 5) is 0. The number of nitrogens with one attached hydrogen (secondary N) is 1. The standard InChI is InChI=1S/C4H10NOS/c1-4(2,3)7(5)6/h5H,1-3H3/q-1. The van der Waals surface area contributed by atoms with E-state index in [0.29, 0.717) is 0 Å². The first-order valence-electron chi connectivity index (χ1n) is 2.07. The van der Waals surface area contributed by atoms with Gasteiger partial charge in [0.15, 0.2) is 0 Å². The molecule has 7 heavy (non-hydrogen) atoms. The monoisotopic (exact) mass is 120 g/mol. The Bertz CT molecular complexity index is 84.2. The first-order chi connectivity index (χ1) is 2.94. The van der Waals surface area contributed by atoms with Gasteiger partial charge in [-0.3, -0.25) is 4.21 Å². The molecule has 0 saturated carbocycles. The van der Waals surface area contributed by atoms with Crippen LogP contribution >= 0.6 is 0 Å². The molecule has 0 saturated heterocycles. The van der Waals surface area contributed by atoms with Gasteiger partial charge in [0.2, 0.25) is 0 Å². The van der Waals surface area contributed by atoms with Crippen LogP contribution in [0.1, 0.15) is 20.8 Å². The van der Waals surface area contributed by atoms with E-state index in [4.69, 9.17) is 5.14 Å². The highest BCUT2D eigenvalue weighted by molar-refractivity contribution is 7.88. The van der Waals surface area contributed by atoms with Crippen LogP contribution < -0.4 is 0 Å². The highest BCUT2D eigenvalue weighted by Gasteiger charge is 2.07. The van der Waals surface area contributed by atoms with E-state index >= 15 is 0 Å². The average molecular weight is 120 g/mol. The summed E-state index contributed by atoms with van der Waals surface area (Å²) in [6, 6.07) is 0. The highest BCUT2D eigenvalue weighted by atomic mass is 32.2. The Morgan fingerprint density at radius 1 is 1.43 bits per heavy atom. The third-order valence-corrected chi connectivity index (χ3v) is 1.67. The Morgan fingerprint density at radius 3 is 1.57 bits per heavy atom. The van der Waals surface area contributed by atoms with E-state index in [1.54, 1.807) is 20.8 Å². The van der Waals surface area contributed by atoms with Crippen LogP contribution in [0, 0.1) is 0 Å². The number of rotatable bonds is 0. The molecule has 44 valence electrons. The van der Waals surface area contributed by atoms with Crippen molar-refractivity contribution < 1.29 is 4.21 Å². The van der Waals surface area contributed by atoms with E-state index in [9.17, 15) is 4.21 Å². The fourth-order valence-corrected chi connectivity index (χ4v) is 0. The summed E-state index contributed by atoms with van der Waals surface area (Å²) in [5.74, 6) is 0. The van der Waals surface area contributed by atoms with Gasteiger partial charge in [-0.15, -0.1) is 0 Å². The summed E-state index contributed by atoms with van der Waals surface area (Å²) in [6.07, 6.45) is 0. The molecule has 0 aliphatic heterocycles. The van der Waals surface area contributed by atoms with Crippen LogP contribution in [0.15, 0.2) is 0 Å². The van der Waals surface area contributed by atoms with Crippen molar-refractivity contribution in [2.45, 2.75) is 25.5 Å². The Kier molecular flexibility index (Phi) is 1.95. The molecule has 0 spiro atoms. The quantitative estimate of drug-likeness (QED) is 0.477. The topological polar surface area (TPSA) is 40.9 Å². The third-order valence-electron chi connectivity index (χ3n) is 0.556. The highest BCUT2D eigenvalue weighted by Crippen LogP contribution is 2.09. The molecule has 0 aliphatic rings. The summed E-state index contributed by atoms with van der Waals surface area (Å²) in [7, 11) is -1.43. The van der Waals surface area contributed by atoms with Crippen LogP contribution in [0.2, 0.25) is 0 Å². The van der Waals surface area contributed by atoms with E-state index in [2.05, 4.69) is 0 Å². The van der Waals surface area contributed by atoms with E-state index < -0.39 is 11.0 Å². The lowest BCUT2D eigenvalue weighted by Gasteiger charge is -2.19. The van der Waals surface area contributed by atoms with Crippen LogP contribution in [0.4, 0.5) is 0 Å². The molecule has 0 amide bonds. The van der Waals surface area contributed by atoms with Crippen molar-refractivity contribution >= 4 is 11.0 Å². The Hall–Kier alpha value is 0.110. The van der Waals surface area contributed by atoms with Crippen LogP contribution in [-0.2, 0) is 11.0 Å². The van der Waals surface area contributed by atoms with E-state index in [1.165, 1.54) is 0 Å². The second-order valence-electron chi connectivity index (χ2n) is 2.38. The van der Waals surface area contributed by atoms with Crippen molar-refractivity contribution in [3.05, 3.63) is 5.14 Å². The maximum Gasteiger partial charge on any atom is 0.0185 e. The number of hydrogen-bond acceptors (Lipinski definition) is 1. The van der Waals surface area contributed by atoms with Crippen LogP contribution in [0.3, 0.4) is 0 Å². The minimum absolute atomic E-state index is 0.361. The lowest BCUT2D eigenvalue weighted by molar-refractivity contribution is 0.656. The van der Waals surface area contributed by atoms with Crippen LogP contribution in [0.5, 0.6) is 0 Å². The molecular weight excluding hydrogens is 110 g/mol. The van der Waals surface area contributed by atoms with Gasteiger partial charge in [-0.25, -0.2) is 0 Å². The normalized spacial score (nSPS) is 16.6. The third kappa shape index (κ3) is 2.76. The summed E-state index contributed by atoms with van der Waals surface area (Å²) in [6.45, 7) is 5.32. The summed E-state index contributed by atoms with van der Waals surface area (Å²) in [5.41, 5.74) is 0. The maximum absolute atomic E-state index is 10.2. The van der Waals surface area contributed by atoms with E-state index in [0.717, 1.165) is 0 Å². The predicted octanol–water partition coefficient (Wildman–Crippen LogP) is 1.50. The molecule has 1 unspecified atom stereocenters. The molecule has 0 rings (SSSR count). The van der Waals surface area contributed by atoms with Gasteiger partial charge in [-0.2, -0.15) is 0 Å². The van der Waals surface area contributed by atoms with Crippen molar-refractivity contribution in [3.8, 4) is 0 Å². The molecule has 0 aromatic carbocycles. The minimum atomic E-state index is -1.43. The molecule has 3 heteroatoms. The SMILES string of the molecule is CC(C)(C)S([NH-])=O. The smallest absolute Gasteiger partial charge is 0.0185 e. The molecule has 0 aromatic rings. The second kappa shape index (κ2) is 1.92. The summed E-state index contributed by atoms with van der Waals surface area (Å²) < 4.78 is 9.88. The van der Waals surface area contributed by atoms with Crippen LogP contribution in [0.25, 0.3) is 5.14 Å². The zero-order valence-corrected chi connectivity index (χ0v) is 5.63. The number of hydrogen-bond donors (Lipinski definition) is 0. The van der Waals surface area contributed by atoms with Gasteiger partial charge in [0, 0.05) is 4.75 Å². The average Bonchev–Trinajstić information content (AvgIpc) is 1.31. The fraction of sp³-hybridized carbons (Fsp3) is 1.00. The summed E-state index contributed by atoms with van der Waals surface area (Å²) >= 11 is 0. The van der Waals surface area contributed by atoms with E-state index in [-0.39, 0.29) is 4.75 Å². The lowest BCUT2D eigenvalue weighted by Crippen LogP contribution is -2.17. The Morgan fingerprint density at radius 2 is 1.57 bits per heavy atom. The lowest BCUT2D eigenvalue weighted by atomic mass is 10.3. The largest absolute Gasteiger partial charge is 0.591 e. The second-order valence-corrected chi connectivity index (χ2v) is 4.14. The molecule has 0 heterocycles. The van der Waals surface area contributed by atoms with Crippen molar-refractivity contribution in [3.63, 3.8) is 0 Å². The van der Waals surface area contributed by atoms with Crippen molar-refractivity contribution in [1.29, 1.82) is 0 Å². The Balaban J connectivity index is 3.79. The molecule has 0 bridgehead atoms. The molecule has 1 N–H and O–H groups in total. The van der Waals surface area contributed by atoms with Gasteiger partial charge in [0.1, 0.15) is 0 Å². The molecule has 0 fully saturated rings. The Labute approximate surface area is 46.7 Å². The van der Waals surface area contributed by atoms with Gasteiger partial charge >= 0.3 is 0 Å². The zero-order chi connectivity index (χ0) is 6.08. The van der Waals surface area contributed by atoms with Gasteiger partial charge in [0.05, 0.1) is 0 Å². The predicted molar refractivity (Wildman–Crippen MR) is 32.2 cm³/mol. The van der Waals surface area contributed by atoms with Gasteiger partial charge in [0.25, 0.3) is 0 Å². The molecule has 0 aromatic heterocycles. The van der Waals surface area contributed by atoms with Crippen molar-refractivity contribution in [2.75, 3.05) is 0 Å². The van der Waals surface area contributed by atoms with Crippen molar-refractivity contribution in [2.24, 2.45) is 0 Å². The van der Waals surface area contributed by atoms with Gasteiger partial charge < -0.3 is 5.14 Å². The molecule has 2 nitrogen and oxygen atoms in total. The molecule has 0 aliphatic carbocycles. The molecule has 1 atom stereocenters. The molecule has 0 radical (unpaired) electrons. The fourth-order valence-electron chi connectivity index (χ4n) is 0. The molecular formula is C4H10NOS-. The first-order valence-corrected chi connectivity index (χ1v) is 3.22. The minimum Gasteiger partial charge on any atom is -0.591 e.